The third-order valence-corrected chi connectivity index (χ3v) is 4.06. The van der Waals surface area contributed by atoms with Gasteiger partial charge in [0, 0.05) is 0 Å². The maximum atomic E-state index is 3.63. The molecule has 0 heterocycles. The molecular weight excluding hydrogens is 202 g/mol. The Labute approximate surface area is 99.8 Å². The van der Waals surface area contributed by atoms with Crippen LogP contribution in [0.2, 0.25) is 0 Å². The second-order valence-electron chi connectivity index (χ2n) is 4.76. The zero-order valence-corrected chi connectivity index (χ0v) is 11.1. The van der Waals surface area contributed by atoms with E-state index in [0.29, 0.717) is 0 Å². The largest absolute Gasteiger partial charge is 0.316 e. The Bertz CT molecular complexity index is 132. The number of hydrogen-bond donors (Lipinski definition) is 1. The molecule has 1 aliphatic rings. The average molecular weight is 229 g/mol. The molecule has 1 N–H and O–H groups in total. The van der Waals surface area contributed by atoms with Gasteiger partial charge in [-0.1, -0.05) is 25.7 Å². The Hall–Kier alpha value is 0.310. The number of nitrogens with one attached hydrogen (secondary N) is 1. The minimum Gasteiger partial charge on any atom is -0.316 e. The van der Waals surface area contributed by atoms with Crippen molar-refractivity contribution >= 4 is 11.8 Å². The molecule has 0 unspecified atom stereocenters. The van der Waals surface area contributed by atoms with Gasteiger partial charge in [0.15, 0.2) is 0 Å². The highest BCUT2D eigenvalue weighted by Crippen LogP contribution is 2.22. The lowest BCUT2D eigenvalue weighted by molar-refractivity contribution is 0.341. The van der Waals surface area contributed by atoms with E-state index in [1.54, 1.807) is 0 Å². The van der Waals surface area contributed by atoms with Crippen molar-refractivity contribution in [2.24, 2.45) is 5.92 Å². The molecule has 90 valence electrons. The van der Waals surface area contributed by atoms with Crippen LogP contribution >= 0.6 is 11.8 Å². The fourth-order valence-electron chi connectivity index (χ4n) is 2.37. The van der Waals surface area contributed by atoms with Crippen molar-refractivity contribution in [3.05, 3.63) is 0 Å². The van der Waals surface area contributed by atoms with Crippen LogP contribution in [-0.4, -0.2) is 25.1 Å². The molecule has 2 heteroatoms. The molecule has 0 saturated heterocycles. The quantitative estimate of drug-likeness (QED) is 0.637. The third-order valence-electron chi connectivity index (χ3n) is 3.36. The van der Waals surface area contributed by atoms with Gasteiger partial charge in [-0.05, 0) is 56.7 Å². The summed E-state index contributed by atoms with van der Waals surface area (Å²) in [7, 11) is 0. The maximum Gasteiger partial charge on any atom is -0.00205 e. The van der Waals surface area contributed by atoms with Crippen molar-refractivity contribution in [2.45, 2.75) is 51.4 Å². The summed E-state index contributed by atoms with van der Waals surface area (Å²) in [5.41, 5.74) is 0. The molecule has 0 aliphatic heterocycles. The van der Waals surface area contributed by atoms with Crippen LogP contribution in [0.4, 0.5) is 0 Å². The van der Waals surface area contributed by atoms with E-state index in [-0.39, 0.29) is 0 Å². The first kappa shape index (κ1) is 13.4. The van der Waals surface area contributed by atoms with Gasteiger partial charge in [-0.3, -0.25) is 0 Å². The molecule has 1 saturated carbocycles. The van der Waals surface area contributed by atoms with Crippen molar-refractivity contribution in [2.75, 3.05) is 25.1 Å². The lowest BCUT2D eigenvalue weighted by Crippen LogP contribution is -2.25. The van der Waals surface area contributed by atoms with Gasteiger partial charge in [0.2, 0.25) is 0 Å². The molecule has 1 fully saturated rings. The van der Waals surface area contributed by atoms with E-state index < -0.39 is 0 Å². The van der Waals surface area contributed by atoms with E-state index >= 15 is 0 Å². The number of hydrogen-bond acceptors (Lipinski definition) is 2. The van der Waals surface area contributed by atoms with E-state index in [0.717, 1.165) is 5.92 Å². The summed E-state index contributed by atoms with van der Waals surface area (Å²) in [6, 6.07) is 0. The highest BCUT2D eigenvalue weighted by Gasteiger charge is 2.11. The topological polar surface area (TPSA) is 12.0 Å². The van der Waals surface area contributed by atoms with Crippen LogP contribution in [-0.2, 0) is 0 Å². The number of unbranched alkanes of at least 4 members (excludes halogenated alkanes) is 2. The summed E-state index contributed by atoms with van der Waals surface area (Å²) in [5, 5.41) is 3.63. The lowest BCUT2D eigenvalue weighted by Gasteiger charge is -2.21. The van der Waals surface area contributed by atoms with Crippen LogP contribution in [0.5, 0.6) is 0 Å². The van der Waals surface area contributed by atoms with Gasteiger partial charge in [0.25, 0.3) is 0 Å². The zero-order chi connectivity index (χ0) is 10.8. The summed E-state index contributed by atoms with van der Waals surface area (Å²) in [4.78, 5) is 0. The Morgan fingerprint density at radius 2 is 1.87 bits per heavy atom. The predicted molar refractivity (Wildman–Crippen MR) is 71.7 cm³/mol. The molecule has 0 amide bonds. The molecule has 0 radical (unpaired) electrons. The number of rotatable bonds is 8. The molecule has 0 aromatic heterocycles. The smallest absolute Gasteiger partial charge is 0.00205 e. The molecule has 15 heavy (non-hydrogen) atoms. The highest BCUT2D eigenvalue weighted by atomic mass is 32.2. The normalized spacial score (nSPS) is 18.2. The summed E-state index contributed by atoms with van der Waals surface area (Å²) < 4.78 is 0. The van der Waals surface area contributed by atoms with Crippen LogP contribution in [0, 0.1) is 5.92 Å². The Morgan fingerprint density at radius 1 is 1.07 bits per heavy atom. The molecule has 1 aliphatic carbocycles. The summed E-state index contributed by atoms with van der Waals surface area (Å²) in [5.74, 6) is 2.33. The molecular formula is C13H27NS. The minimum atomic E-state index is 0.991. The van der Waals surface area contributed by atoms with Crippen molar-refractivity contribution < 1.29 is 0 Å². The summed E-state index contributed by atoms with van der Waals surface area (Å²) in [6.07, 6.45) is 13.7. The standard InChI is InChI=1S/C13H27NS/c1-15-11-7-3-6-10-14-12-13-8-4-2-5-9-13/h13-14H,2-12H2,1H3. The Kier molecular flexibility index (Phi) is 8.50. The minimum absolute atomic E-state index is 0.991. The second-order valence-corrected chi connectivity index (χ2v) is 5.75. The van der Waals surface area contributed by atoms with Gasteiger partial charge in [-0.15, -0.1) is 0 Å². The van der Waals surface area contributed by atoms with E-state index in [1.165, 1.54) is 70.2 Å². The van der Waals surface area contributed by atoms with Gasteiger partial charge in [-0.2, -0.15) is 11.8 Å². The first-order valence-electron chi connectivity index (χ1n) is 6.63. The van der Waals surface area contributed by atoms with Crippen molar-refractivity contribution in [1.82, 2.24) is 5.32 Å². The molecule has 1 rings (SSSR count). The molecule has 0 aromatic rings. The van der Waals surface area contributed by atoms with Crippen LogP contribution in [0.1, 0.15) is 51.4 Å². The summed E-state index contributed by atoms with van der Waals surface area (Å²) >= 11 is 1.97. The first-order chi connectivity index (χ1) is 7.43. The highest BCUT2D eigenvalue weighted by molar-refractivity contribution is 7.98. The van der Waals surface area contributed by atoms with Crippen LogP contribution in [0.3, 0.4) is 0 Å². The van der Waals surface area contributed by atoms with Crippen LogP contribution < -0.4 is 5.32 Å². The Balaban J connectivity index is 1.79. The fourth-order valence-corrected chi connectivity index (χ4v) is 2.86. The zero-order valence-electron chi connectivity index (χ0n) is 10.3. The molecule has 0 spiro atoms. The van der Waals surface area contributed by atoms with Crippen molar-refractivity contribution in [3.63, 3.8) is 0 Å². The molecule has 0 bridgehead atoms. The van der Waals surface area contributed by atoms with Crippen molar-refractivity contribution in [3.8, 4) is 0 Å². The first-order valence-corrected chi connectivity index (χ1v) is 8.02. The van der Waals surface area contributed by atoms with Crippen molar-refractivity contribution in [1.29, 1.82) is 0 Å². The lowest BCUT2D eigenvalue weighted by atomic mass is 9.89. The van der Waals surface area contributed by atoms with E-state index in [4.69, 9.17) is 0 Å². The Morgan fingerprint density at radius 3 is 2.60 bits per heavy atom. The van der Waals surface area contributed by atoms with Crippen LogP contribution in [0.15, 0.2) is 0 Å². The van der Waals surface area contributed by atoms with Gasteiger partial charge < -0.3 is 5.32 Å². The van der Waals surface area contributed by atoms with E-state index in [9.17, 15) is 0 Å². The summed E-state index contributed by atoms with van der Waals surface area (Å²) in [6.45, 7) is 2.52. The van der Waals surface area contributed by atoms with Crippen LogP contribution in [0.25, 0.3) is 0 Å². The van der Waals surface area contributed by atoms with Gasteiger partial charge in [0.05, 0.1) is 0 Å². The molecule has 1 nitrogen and oxygen atoms in total. The predicted octanol–water partition coefficient (Wildman–Crippen LogP) is 3.69. The monoisotopic (exact) mass is 229 g/mol. The van der Waals surface area contributed by atoms with E-state index in [2.05, 4.69) is 11.6 Å². The fraction of sp³-hybridized carbons (Fsp3) is 1.00. The number of thioether (sulfide) groups is 1. The van der Waals surface area contributed by atoms with E-state index in [1.807, 2.05) is 11.8 Å². The average Bonchev–Trinajstić information content (AvgIpc) is 2.29. The van der Waals surface area contributed by atoms with Gasteiger partial charge in [-0.25, -0.2) is 0 Å². The molecule has 0 atom stereocenters. The SMILES string of the molecule is CSCCCCCNCC1CCCCC1. The van der Waals surface area contributed by atoms with Gasteiger partial charge in [0.1, 0.15) is 0 Å². The maximum absolute atomic E-state index is 3.63. The molecule has 0 aromatic carbocycles. The van der Waals surface area contributed by atoms with Gasteiger partial charge >= 0.3 is 0 Å². The second kappa shape index (κ2) is 9.53. The third kappa shape index (κ3) is 7.24.